The maximum Gasteiger partial charge on any atom is 0.273 e. The molecule has 1 aromatic carbocycles. The minimum atomic E-state index is -0.301. The van der Waals surface area contributed by atoms with Gasteiger partial charge in [0, 0.05) is 39.5 Å². The lowest BCUT2D eigenvalue weighted by Crippen LogP contribution is -2.33. The molecule has 2 aromatic rings. The topological polar surface area (TPSA) is 93.9 Å². The van der Waals surface area contributed by atoms with Crippen molar-refractivity contribution in [2.45, 2.75) is 39.7 Å². The molecule has 170 valence electrons. The van der Waals surface area contributed by atoms with Crippen LogP contribution >= 0.6 is 0 Å². The molecule has 1 heterocycles. The third-order valence-corrected chi connectivity index (χ3v) is 4.54. The van der Waals surface area contributed by atoms with E-state index in [0.29, 0.717) is 58.2 Å². The van der Waals surface area contributed by atoms with E-state index in [-0.39, 0.29) is 24.1 Å². The van der Waals surface area contributed by atoms with E-state index in [9.17, 15) is 9.59 Å². The molecule has 31 heavy (non-hydrogen) atoms. The second-order valence-electron chi connectivity index (χ2n) is 6.96. The molecule has 0 saturated carbocycles. The molecular weight excluding hydrogens is 398 g/mol. The largest absolute Gasteiger partial charge is 0.446 e. The number of ether oxygens (including phenoxy) is 2. The van der Waals surface area contributed by atoms with Gasteiger partial charge in [0.05, 0.1) is 13.0 Å². The Balaban J connectivity index is 1.93. The van der Waals surface area contributed by atoms with Crippen LogP contribution in [0.25, 0.3) is 0 Å². The third-order valence-electron chi connectivity index (χ3n) is 4.54. The van der Waals surface area contributed by atoms with Crippen molar-refractivity contribution in [3.05, 3.63) is 53.7 Å². The van der Waals surface area contributed by atoms with Crippen LogP contribution < -0.4 is 5.32 Å². The fraction of sp³-hybridized carbons (Fsp3) is 0.522. The summed E-state index contributed by atoms with van der Waals surface area (Å²) in [7, 11) is 0. The van der Waals surface area contributed by atoms with Crippen LogP contribution in [-0.2, 0) is 27.2 Å². The van der Waals surface area contributed by atoms with Crippen LogP contribution in [-0.4, -0.2) is 61.2 Å². The molecule has 1 N–H and O–H groups in total. The summed E-state index contributed by atoms with van der Waals surface area (Å²) >= 11 is 0. The van der Waals surface area contributed by atoms with E-state index < -0.39 is 0 Å². The van der Waals surface area contributed by atoms with E-state index in [4.69, 9.17) is 13.9 Å². The van der Waals surface area contributed by atoms with Gasteiger partial charge < -0.3 is 24.1 Å². The number of hydrogen-bond donors (Lipinski definition) is 1. The van der Waals surface area contributed by atoms with Gasteiger partial charge in [-0.25, -0.2) is 4.98 Å². The number of amides is 2. The molecule has 1 aromatic heterocycles. The van der Waals surface area contributed by atoms with Crippen molar-refractivity contribution in [2.75, 3.05) is 39.5 Å². The predicted molar refractivity (Wildman–Crippen MR) is 117 cm³/mol. The Bertz CT molecular complexity index is 779. The van der Waals surface area contributed by atoms with Crippen molar-refractivity contribution in [1.29, 1.82) is 0 Å². The molecule has 0 spiro atoms. The van der Waals surface area contributed by atoms with Crippen molar-refractivity contribution < 1.29 is 23.5 Å². The van der Waals surface area contributed by atoms with Gasteiger partial charge in [-0.2, -0.15) is 0 Å². The van der Waals surface area contributed by atoms with Gasteiger partial charge in [0.15, 0.2) is 5.69 Å². The average molecular weight is 432 g/mol. The fourth-order valence-corrected chi connectivity index (χ4v) is 2.94. The Morgan fingerprint density at radius 2 is 1.77 bits per heavy atom. The molecule has 8 nitrogen and oxygen atoms in total. The molecule has 2 amide bonds. The molecule has 0 aliphatic heterocycles. The number of benzene rings is 1. The van der Waals surface area contributed by atoms with Gasteiger partial charge in [-0.3, -0.25) is 9.59 Å². The van der Waals surface area contributed by atoms with Crippen molar-refractivity contribution in [3.63, 3.8) is 0 Å². The molecule has 8 heteroatoms. The summed E-state index contributed by atoms with van der Waals surface area (Å²) in [5.74, 6) is 0.00474. The van der Waals surface area contributed by atoms with E-state index in [1.165, 1.54) is 6.26 Å². The molecule has 0 unspecified atom stereocenters. The van der Waals surface area contributed by atoms with Gasteiger partial charge in [0.25, 0.3) is 5.91 Å². The molecular formula is C23H33N3O5. The Kier molecular flexibility index (Phi) is 11.3. The molecule has 0 radical (unpaired) electrons. The van der Waals surface area contributed by atoms with Crippen LogP contribution in [0.5, 0.6) is 0 Å². The van der Waals surface area contributed by atoms with E-state index in [1.54, 1.807) is 4.90 Å². The Morgan fingerprint density at radius 3 is 2.48 bits per heavy atom. The van der Waals surface area contributed by atoms with Crippen LogP contribution in [0.15, 0.2) is 41.0 Å². The van der Waals surface area contributed by atoms with E-state index in [1.807, 2.05) is 44.2 Å². The predicted octanol–water partition coefficient (Wildman–Crippen LogP) is 2.83. The standard InChI is InChI=1S/C23H33N3O5/c1-3-29-14-8-12-24-23(28)20-18-31-21(25-20)17-26(13-9-15-30-4-2)22(27)16-19-10-6-5-7-11-19/h5-7,10-11,18H,3-4,8-9,12-17H2,1-2H3,(H,24,28). The van der Waals surface area contributed by atoms with Crippen LogP contribution in [0, 0.1) is 0 Å². The minimum absolute atomic E-state index is 0.0252. The van der Waals surface area contributed by atoms with Crippen LogP contribution in [0.3, 0.4) is 0 Å². The highest BCUT2D eigenvalue weighted by Crippen LogP contribution is 2.10. The number of rotatable bonds is 15. The lowest BCUT2D eigenvalue weighted by atomic mass is 10.1. The van der Waals surface area contributed by atoms with E-state index >= 15 is 0 Å². The molecule has 0 fully saturated rings. The quantitative estimate of drug-likeness (QED) is 0.436. The zero-order valence-electron chi connectivity index (χ0n) is 18.5. The number of carbonyl (C=O) groups is 2. The molecule has 2 rings (SSSR count). The van der Waals surface area contributed by atoms with Gasteiger partial charge in [0.2, 0.25) is 11.8 Å². The lowest BCUT2D eigenvalue weighted by molar-refractivity contribution is -0.131. The summed E-state index contributed by atoms with van der Waals surface area (Å²) < 4.78 is 16.1. The highest BCUT2D eigenvalue weighted by Gasteiger charge is 2.19. The third kappa shape index (κ3) is 9.31. The summed E-state index contributed by atoms with van der Waals surface area (Å²) in [6, 6.07) is 9.60. The number of nitrogens with zero attached hydrogens (tertiary/aromatic N) is 2. The zero-order valence-corrected chi connectivity index (χ0v) is 18.5. The zero-order chi connectivity index (χ0) is 22.3. The lowest BCUT2D eigenvalue weighted by Gasteiger charge is -2.21. The molecule has 0 bridgehead atoms. The number of nitrogens with one attached hydrogen (secondary N) is 1. The van der Waals surface area contributed by atoms with Gasteiger partial charge >= 0.3 is 0 Å². The normalized spacial score (nSPS) is 10.8. The SMILES string of the molecule is CCOCCCNC(=O)c1coc(CN(CCCOCC)C(=O)Cc2ccccc2)n1. The van der Waals surface area contributed by atoms with Crippen LogP contribution in [0.2, 0.25) is 0 Å². The van der Waals surface area contributed by atoms with Crippen LogP contribution in [0.1, 0.15) is 48.6 Å². The van der Waals surface area contributed by atoms with Crippen molar-refractivity contribution in [2.24, 2.45) is 0 Å². The van der Waals surface area contributed by atoms with Gasteiger partial charge in [-0.1, -0.05) is 30.3 Å². The van der Waals surface area contributed by atoms with Crippen molar-refractivity contribution >= 4 is 11.8 Å². The Hall–Kier alpha value is -2.71. The first-order valence-corrected chi connectivity index (χ1v) is 10.8. The second kappa shape index (κ2) is 14.3. The number of oxazole rings is 1. The van der Waals surface area contributed by atoms with E-state index in [0.717, 1.165) is 12.0 Å². The van der Waals surface area contributed by atoms with Crippen LogP contribution in [0.4, 0.5) is 0 Å². The number of aromatic nitrogens is 1. The maximum absolute atomic E-state index is 12.9. The first kappa shape index (κ1) is 24.6. The Morgan fingerprint density at radius 1 is 1.06 bits per heavy atom. The highest BCUT2D eigenvalue weighted by atomic mass is 16.5. The van der Waals surface area contributed by atoms with Gasteiger partial charge in [-0.05, 0) is 32.3 Å². The fourth-order valence-electron chi connectivity index (χ4n) is 2.94. The minimum Gasteiger partial charge on any atom is -0.446 e. The van der Waals surface area contributed by atoms with Gasteiger partial charge in [-0.15, -0.1) is 0 Å². The Labute approximate surface area is 183 Å². The average Bonchev–Trinajstić information content (AvgIpc) is 3.25. The second-order valence-corrected chi connectivity index (χ2v) is 6.96. The monoisotopic (exact) mass is 431 g/mol. The van der Waals surface area contributed by atoms with Gasteiger partial charge in [0.1, 0.15) is 6.26 Å². The molecule has 0 atom stereocenters. The summed E-state index contributed by atoms with van der Waals surface area (Å²) in [5.41, 5.74) is 1.15. The molecule has 0 saturated heterocycles. The summed E-state index contributed by atoms with van der Waals surface area (Å²) in [4.78, 5) is 31.1. The first-order chi connectivity index (χ1) is 15.1. The highest BCUT2D eigenvalue weighted by molar-refractivity contribution is 5.91. The van der Waals surface area contributed by atoms with E-state index in [2.05, 4.69) is 10.3 Å². The number of hydrogen-bond acceptors (Lipinski definition) is 6. The first-order valence-electron chi connectivity index (χ1n) is 10.8. The maximum atomic E-state index is 12.9. The molecule has 0 aliphatic carbocycles. The summed E-state index contributed by atoms with van der Waals surface area (Å²) in [6.07, 6.45) is 3.06. The summed E-state index contributed by atoms with van der Waals surface area (Å²) in [5, 5.41) is 2.79. The van der Waals surface area contributed by atoms with Crippen molar-refractivity contribution in [3.8, 4) is 0 Å². The smallest absolute Gasteiger partial charge is 0.273 e. The number of carbonyl (C=O) groups excluding carboxylic acids is 2. The summed E-state index contributed by atoms with van der Waals surface area (Å²) in [6.45, 7) is 7.57. The molecule has 0 aliphatic rings. The van der Waals surface area contributed by atoms with Crippen molar-refractivity contribution in [1.82, 2.24) is 15.2 Å².